The van der Waals surface area contributed by atoms with Crippen LogP contribution in [0.4, 0.5) is 10.3 Å². The number of nitrogen functional groups attached to an aromatic ring is 1. The maximum absolute atomic E-state index is 13.0. The van der Waals surface area contributed by atoms with Gasteiger partial charge in [0.15, 0.2) is 0 Å². The molecule has 2 aromatic heterocycles. The molecule has 102 valence electrons. The number of fused-ring (bicyclic) bond motifs is 1. The highest BCUT2D eigenvalue weighted by molar-refractivity contribution is 9.10. The topological polar surface area (TPSA) is 56.7 Å². The minimum Gasteiger partial charge on any atom is -0.368 e. The van der Waals surface area contributed by atoms with E-state index in [0.29, 0.717) is 11.0 Å². The van der Waals surface area contributed by atoms with Gasteiger partial charge in [-0.15, -0.1) is 0 Å². The lowest BCUT2D eigenvalue weighted by atomic mass is 10.1. The maximum Gasteiger partial charge on any atom is 0.223 e. The van der Waals surface area contributed by atoms with E-state index in [1.807, 2.05) is 11.6 Å². The van der Waals surface area contributed by atoms with Crippen LogP contribution in [0.1, 0.15) is 0 Å². The molecule has 2 N–H and O–H groups in total. The van der Waals surface area contributed by atoms with Crippen molar-refractivity contribution < 1.29 is 4.39 Å². The van der Waals surface area contributed by atoms with Gasteiger partial charge < -0.3 is 10.3 Å². The molecule has 2 heterocycles. The smallest absolute Gasteiger partial charge is 0.223 e. The van der Waals surface area contributed by atoms with Crippen LogP contribution < -0.4 is 5.73 Å². The van der Waals surface area contributed by atoms with E-state index in [1.54, 1.807) is 12.1 Å². The Bertz CT molecular complexity index is 814. The van der Waals surface area contributed by atoms with Gasteiger partial charge in [-0.25, -0.2) is 9.37 Å². The lowest BCUT2D eigenvalue weighted by Gasteiger charge is -2.04. The van der Waals surface area contributed by atoms with E-state index in [0.717, 1.165) is 15.7 Å². The molecule has 0 saturated carbocycles. The fraction of sp³-hybridized carbons (Fsp3) is 0.0769. The van der Waals surface area contributed by atoms with Gasteiger partial charge >= 0.3 is 0 Å². The first-order valence-corrected chi connectivity index (χ1v) is 6.89. The molecule has 0 amide bonds. The predicted molar refractivity (Wildman–Crippen MR) is 81.0 cm³/mol. The van der Waals surface area contributed by atoms with Crippen molar-refractivity contribution in [3.05, 3.63) is 39.7 Å². The van der Waals surface area contributed by atoms with Crippen molar-refractivity contribution in [3.8, 4) is 11.3 Å². The van der Waals surface area contributed by atoms with E-state index in [2.05, 4.69) is 25.9 Å². The van der Waals surface area contributed by atoms with Crippen molar-refractivity contribution in [3.63, 3.8) is 0 Å². The van der Waals surface area contributed by atoms with Crippen LogP contribution in [0.3, 0.4) is 0 Å². The number of benzene rings is 1. The average molecular weight is 356 g/mol. The summed E-state index contributed by atoms with van der Waals surface area (Å²) < 4.78 is 15.6. The van der Waals surface area contributed by atoms with Crippen LogP contribution in [0, 0.1) is 5.82 Å². The van der Waals surface area contributed by atoms with Crippen molar-refractivity contribution in [2.24, 2.45) is 7.05 Å². The van der Waals surface area contributed by atoms with Crippen LogP contribution in [-0.2, 0) is 7.05 Å². The number of aryl methyl sites for hydroxylation is 1. The molecule has 0 saturated heterocycles. The van der Waals surface area contributed by atoms with Gasteiger partial charge in [0.05, 0.1) is 15.6 Å². The first-order chi connectivity index (χ1) is 9.49. The Balaban J connectivity index is 2.37. The molecule has 0 aliphatic rings. The van der Waals surface area contributed by atoms with Crippen molar-refractivity contribution in [2.75, 3.05) is 5.73 Å². The van der Waals surface area contributed by atoms with Gasteiger partial charge in [0.2, 0.25) is 5.95 Å². The molecule has 1 aromatic carbocycles. The SMILES string of the molecule is Cn1c(-c2ccc(F)cc2)c(Br)c2c(Cl)nc(N)nc21. The molecule has 0 bridgehead atoms. The number of halogens is 3. The fourth-order valence-electron chi connectivity index (χ4n) is 2.17. The summed E-state index contributed by atoms with van der Waals surface area (Å²) >= 11 is 9.64. The van der Waals surface area contributed by atoms with Crippen LogP contribution in [-0.4, -0.2) is 14.5 Å². The van der Waals surface area contributed by atoms with Gasteiger partial charge in [0.25, 0.3) is 0 Å². The highest BCUT2D eigenvalue weighted by Gasteiger charge is 2.19. The molecular formula is C13H9BrClFN4. The van der Waals surface area contributed by atoms with Gasteiger partial charge in [-0.2, -0.15) is 4.98 Å². The monoisotopic (exact) mass is 354 g/mol. The third kappa shape index (κ3) is 1.96. The van der Waals surface area contributed by atoms with E-state index in [1.165, 1.54) is 12.1 Å². The summed E-state index contributed by atoms with van der Waals surface area (Å²) in [6, 6.07) is 6.19. The van der Waals surface area contributed by atoms with Crippen LogP contribution in [0.15, 0.2) is 28.7 Å². The number of hydrogen-bond acceptors (Lipinski definition) is 3. The Hall–Kier alpha value is -1.66. The first-order valence-electron chi connectivity index (χ1n) is 5.72. The quantitative estimate of drug-likeness (QED) is 0.676. The van der Waals surface area contributed by atoms with E-state index in [9.17, 15) is 4.39 Å². The van der Waals surface area contributed by atoms with Crippen LogP contribution in [0.5, 0.6) is 0 Å². The molecule has 0 radical (unpaired) electrons. The predicted octanol–water partition coefficient (Wildman–Crippen LogP) is 3.77. The second-order valence-electron chi connectivity index (χ2n) is 4.30. The van der Waals surface area contributed by atoms with Crippen molar-refractivity contribution in [2.45, 2.75) is 0 Å². The van der Waals surface area contributed by atoms with Gasteiger partial charge in [-0.3, -0.25) is 0 Å². The second kappa shape index (κ2) is 4.71. The summed E-state index contributed by atoms with van der Waals surface area (Å²) in [5.41, 5.74) is 7.92. The maximum atomic E-state index is 13.0. The third-order valence-corrected chi connectivity index (χ3v) is 4.11. The zero-order valence-electron chi connectivity index (χ0n) is 10.4. The zero-order valence-corrected chi connectivity index (χ0v) is 12.7. The number of nitrogens with zero attached hydrogens (tertiary/aromatic N) is 3. The number of anilines is 1. The molecular weight excluding hydrogens is 347 g/mol. The van der Waals surface area contributed by atoms with E-state index in [-0.39, 0.29) is 16.9 Å². The van der Waals surface area contributed by atoms with Crippen LogP contribution in [0.25, 0.3) is 22.3 Å². The average Bonchev–Trinajstić information content (AvgIpc) is 2.63. The molecule has 3 rings (SSSR count). The Morgan fingerprint density at radius 2 is 1.90 bits per heavy atom. The molecule has 0 aliphatic heterocycles. The summed E-state index contributed by atoms with van der Waals surface area (Å²) in [6.07, 6.45) is 0. The number of aromatic nitrogens is 3. The Labute approximate surface area is 127 Å². The molecule has 0 unspecified atom stereocenters. The second-order valence-corrected chi connectivity index (χ2v) is 5.45. The summed E-state index contributed by atoms with van der Waals surface area (Å²) in [5.74, 6) is -0.174. The largest absolute Gasteiger partial charge is 0.368 e. The third-order valence-electron chi connectivity index (χ3n) is 3.06. The molecule has 0 atom stereocenters. The molecule has 0 aliphatic carbocycles. The minimum absolute atomic E-state index is 0.112. The Morgan fingerprint density at radius 3 is 2.55 bits per heavy atom. The van der Waals surface area contributed by atoms with E-state index in [4.69, 9.17) is 17.3 Å². The van der Waals surface area contributed by atoms with Gasteiger partial charge in [0.1, 0.15) is 16.6 Å². The summed E-state index contributed by atoms with van der Waals surface area (Å²) in [7, 11) is 1.84. The summed E-state index contributed by atoms with van der Waals surface area (Å²) in [5, 5.41) is 0.964. The van der Waals surface area contributed by atoms with E-state index < -0.39 is 0 Å². The molecule has 0 spiro atoms. The van der Waals surface area contributed by atoms with E-state index >= 15 is 0 Å². The van der Waals surface area contributed by atoms with Gasteiger partial charge in [0, 0.05) is 7.05 Å². The van der Waals surface area contributed by atoms with Gasteiger partial charge in [-0.1, -0.05) is 11.6 Å². The fourth-order valence-corrected chi connectivity index (χ4v) is 3.41. The van der Waals surface area contributed by atoms with Gasteiger partial charge in [-0.05, 0) is 45.8 Å². The molecule has 0 fully saturated rings. The highest BCUT2D eigenvalue weighted by Crippen LogP contribution is 2.39. The minimum atomic E-state index is -0.286. The number of hydrogen-bond donors (Lipinski definition) is 1. The normalized spacial score (nSPS) is 11.2. The first kappa shape index (κ1) is 13.3. The zero-order chi connectivity index (χ0) is 14.4. The summed E-state index contributed by atoms with van der Waals surface area (Å²) in [6.45, 7) is 0. The van der Waals surface area contributed by atoms with Crippen LogP contribution in [0.2, 0.25) is 5.15 Å². The van der Waals surface area contributed by atoms with Crippen molar-refractivity contribution in [1.29, 1.82) is 0 Å². The Kier molecular flexibility index (Phi) is 3.14. The Morgan fingerprint density at radius 1 is 1.25 bits per heavy atom. The molecule has 3 aromatic rings. The van der Waals surface area contributed by atoms with Crippen LogP contribution >= 0.6 is 27.5 Å². The highest BCUT2D eigenvalue weighted by atomic mass is 79.9. The standard InChI is InChI=1S/C13H9BrClFN4/c1-20-10(6-2-4-7(16)5-3-6)9(14)8-11(15)18-13(17)19-12(8)20/h2-5H,1H3,(H2,17,18,19). The molecule has 7 heteroatoms. The number of nitrogens with two attached hydrogens (primary N) is 1. The lowest BCUT2D eigenvalue weighted by molar-refractivity contribution is 0.628. The summed E-state index contributed by atoms with van der Waals surface area (Å²) in [4.78, 5) is 8.16. The lowest BCUT2D eigenvalue weighted by Crippen LogP contribution is -1.98. The van der Waals surface area contributed by atoms with Crippen molar-refractivity contribution >= 4 is 44.5 Å². The number of rotatable bonds is 1. The molecule has 20 heavy (non-hydrogen) atoms. The van der Waals surface area contributed by atoms with Crippen molar-refractivity contribution in [1.82, 2.24) is 14.5 Å². The molecule has 4 nitrogen and oxygen atoms in total.